The van der Waals surface area contributed by atoms with Gasteiger partial charge < -0.3 is 16.2 Å². The average Bonchev–Trinajstić information content (AvgIpc) is 2.35. The molecule has 1 amide bonds. The SMILES string of the molecule is CC(CC(N)=O)NCc1ccc(C(C)C(=O)O)cc1. The quantitative estimate of drug-likeness (QED) is 0.690. The van der Waals surface area contributed by atoms with E-state index in [2.05, 4.69) is 5.32 Å². The highest BCUT2D eigenvalue weighted by Gasteiger charge is 2.13. The number of hydrogen-bond acceptors (Lipinski definition) is 3. The summed E-state index contributed by atoms with van der Waals surface area (Å²) in [5.74, 6) is -1.66. The molecule has 4 N–H and O–H groups in total. The summed E-state index contributed by atoms with van der Waals surface area (Å²) < 4.78 is 0. The Hall–Kier alpha value is -1.88. The Morgan fingerprint density at radius 3 is 2.32 bits per heavy atom. The van der Waals surface area contributed by atoms with Crippen molar-refractivity contribution in [1.29, 1.82) is 0 Å². The molecule has 0 fully saturated rings. The smallest absolute Gasteiger partial charge is 0.310 e. The highest BCUT2D eigenvalue weighted by atomic mass is 16.4. The van der Waals surface area contributed by atoms with Crippen LogP contribution in [0.1, 0.15) is 37.3 Å². The van der Waals surface area contributed by atoms with Gasteiger partial charge in [-0.05, 0) is 25.0 Å². The Balaban J connectivity index is 2.53. The Bertz CT molecular complexity index is 443. The predicted octanol–water partition coefficient (Wildman–Crippen LogP) is 1.23. The summed E-state index contributed by atoms with van der Waals surface area (Å²) in [5.41, 5.74) is 6.93. The van der Waals surface area contributed by atoms with Gasteiger partial charge in [0.15, 0.2) is 0 Å². The van der Waals surface area contributed by atoms with Crippen LogP contribution < -0.4 is 11.1 Å². The van der Waals surface area contributed by atoms with Crippen LogP contribution in [0.25, 0.3) is 0 Å². The lowest BCUT2D eigenvalue weighted by Crippen LogP contribution is -2.30. The number of benzene rings is 1. The second kappa shape index (κ2) is 6.89. The number of nitrogens with one attached hydrogen (secondary N) is 1. The number of amides is 1. The molecule has 1 rings (SSSR count). The molecule has 1 aromatic rings. The van der Waals surface area contributed by atoms with E-state index in [4.69, 9.17) is 10.8 Å². The first-order valence-electron chi connectivity index (χ1n) is 6.23. The van der Waals surface area contributed by atoms with Crippen molar-refractivity contribution in [3.63, 3.8) is 0 Å². The number of carboxylic acids is 1. The normalized spacial score (nSPS) is 13.8. The van der Waals surface area contributed by atoms with E-state index in [-0.39, 0.29) is 11.9 Å². The third-order valence-electron chi connectivity index (χ3n) is 3.01. The molecule has 0 aliphatic heterocycles. The van der Waals surface area contributed by atoms with Crippen LogP contribution in [0.3, 0.4) is 0 Å². The molecular formula is C14H20N2O3. The van der Waals surface area contributed by atoms with Crippen molar-refractivity contribution in [3.8, 4) is 0 Å². The molecule has 5 nitrogen and oxygen atoms in total. The van der Waals surface area contributed by atoms with Crippen molar-refractivity contribution in [1.82, 2.24) is 5.32 Å². The third-order valence-corrected chi connectivity index (χ3v) is 3.01. The summed E-state index contributed by atoms with van der Waals surface area (Å²) in [5, 5.41) is 12.1. The minimum atomic E-state index is -0.832. The van der Waals surface area contributed by atoms with Crippen LogP contribution in [-0.4, -0.2) is 23.0 Å². The van der Waals surface area contributed by atoms with Gasteiger partial charge >= 0.3 is 5.97 Å². The fourth-order valence-electron chi connectivity index (χ4n) is 1.73. The molecule has 0 aliphatic rings. The molecular weight excluding hydrogens is 244 g/mol. The van der Waals surface area contributed by atoms with Crippen LogP contribution in [-0.2, 0) is 16.1 Å². The standard InChI is InChI=1S/C14H20N2O3/c1-9(7-13(15)17)16-8-11-3-5-12(6-4-11)10(2)14(18)19/h3-6,9-10,16H,7-8H2,1-2H3,(H2,15,17)(H,18,19). The van der Waals surface area contributed by atoms with Gasteiger partial charge in [0, 0.05) is 19.0 Å². The molecule has 0 bridgehead atoms. The lowest BCUT2D eigenvalue weighted by Gasteiger charge is -2.12. The Labute approximate surface area is 112 Å². The summed E-state index contributed by atoms with van der Waals surface area (Å²) >= 11 is 0. The van der Waals surface area contributed by atoms with Gasteiger partial charge in [-0.2, -0.15) is 0 Å². The molecule has 2 unspecified atom stereocenters. The van der Waals surface area contributed by atoms with E-state index in [0.29, 0.717) is 13.0 Å². The zero-order valence-electron chi connectivity index (χ0n) is 11.2. The molecule has 0 saturated heterocycles. The van der Waals surface area contributed by atoms with Crippen LogP contribution >= 0.6 is 0 Å². The summed E-state index contributed by atoms with van der Waals surface area (Å²) in [6, 6.07) is 7.43. The van der Waals surface area contributed by atoms with Gasteiger partial charge in [-0.15, -0.1) is 0 Å². The van der Waals surface area contributed by atoms with Crippen molar-refractivity contribution in [3.05, 3.63) is 35.4 Å². The fraction of sp³-hybridized carbons (Fsp3) is 0.429. The van der Waals surface area contributed by atoms with Gasteiger partial charge in [-0.1, -0.05) is 24.3 Å². The van der Waals surface area contributed by atoms with Gasteiger partial charge in [0.2, 0.25) is 5.91 Å². The van der Waals surface area contributed by atoms with Crippen molar-refractivity contribution in [2.24, 2.45) is 5.73 Å². The van der Waals surface area contributed by atoms with Gasteiger partial charge in [0.05, 0.1) is 5.92 Å². The first-order valence-corrected chi connectivity index (χ1v) is 6.23. The molecule has 0 saturated carbocycles. The van der Waals surface area contributed by atoms with Crippen molar-refractivity contribution in [2.75, 3.05) is 0 Å². The molecule has 0 heterocycles. The Kier molecular flexibility index (Phi) is 5.51. The number of carbonyl (C=O) groups is 2. The number of carbonyl (C=O) groups excluding carboxylic acids is 1. The molecule has 0 radical (unpaired) electrons. The van der Waals surface area contributed by atoms with E-state index < -0.39 is 11.9 Å². The van der Waals surface area contributed by atoms with E-state index >= 15 is 0 Å². The highest BCUT2D eigenvalue weighted by Crippen LogP contribution is 2.16. The fourth-order valence-corrected chi connectivity index (χ4v) is 1.73. The Morgan fingerprint density at radius 1 is 1.26 bits per heavy atom. The second-order valence-electron chi connectivity index (χ2n) is 4.75. The molecule has 0 aromatic heterocycles. The van der Waals surface area contributed by atoms with Crippen molar-refractivity contribution in [2.45, 2.75) is 38.8 Å². The molecule has 0 aliphatic carbocycles. The summed E-state index contributed by atoms with van der Waals surface area (Å²) in [4.78, 5) is 21.6. The van der Waals surface area contributed by atoms with E-state index in [1.165, 1.54) is 0 Å². The first-order chi connectivity index (χ1) is 8.90. The third kappa shape index (κ3) is 5.09. The molecule has 19 heavy (non-hydrogen) atoms. The molecule has 2 atom stereocenters. The number of nitrogens with two attached hydrogens (primary N) is 1. The first kappa shape index (κ1) is 15.2. The average molecular weight is 264 g/mol. The van der Waals surface area contributed by atoms with Crippen LogP contribution in [0, 0.1) is 0 Å². The predicted molar refractivity (Wildman–Crippen MR) is 72.6 cm³/mol. The lowest BCUT2D eigenvalue weighted by molar-refractivity contribution is -0.138. The topological polar surface area (TPSA) is 92.4 Å². The van der Waals surface area contributed by atoms with Gasteiger partial charge in [-0.3, -0.25) is 9.59 Å². The largest absolute Gasteiger partial charge is 0.481 e. The zero-order chi connectivity index (χ0) is 14.4. The summed E-state index contributed by atoms with van der Waals surface area (Å²) in [6.45, 7) is 4.17. The van der Waals surface area contributed by atoms with Gasteiger partial charge in [0.25, 0.3) is 0 Å². The molecule has 104 valence electrons. The highest BCUT2D eigenvalue weighted by molar-refractivity contribution is 5.75. The summed E-state index contributed by atoms with van der Waals surface area (Å²) in [7, 11) is 0. The van der Waals surface area contributed by atoms with Crippen LogP contribution in [0.15, 0.2) is 24.3 Å². The summed E-state index contributed by atoms with van der Waals surface area (Å²) in [6.07, 6.45) is 0.300. The maximum Gasteiger partial charge on any atom is 0.310 e. The minimum Gasteiger partial charge on any atom is -0.481 e. The molecule has 5 heteroatoms. The maximum absolute atomic E-state index is 10.8. The lowest BCUT2D eigenvalue weighted by atomic mass is 10.00. The maximum atomic E-state index is 10.8. The van der Waals surface area contributed by atoms with Crippen LogP contribution in [0.4, 0.5) is 0 Å². The van der Waals surface area contributed by atoms with Gasteiger partial charge in [0.1, 0.15) is 0 Å². The van der Waals surface area contributed by atoms with Gasteiger partial charge in [-0.25, -0.2) is 0 Å². The van der Waals surface area contributed by atoms with E-state index in [1.54, 1.807) is 6.92 Å². The number of rotatable bonds is 7. The van der Waals surface area contributed by atoms with Crippen LogP contribution in [0.2, 0.25) is 0 Å². The molecule has 0 spiro atoms. The van der Waals surface area contributed by atoms with E-state index in [0.717, 1.165) is 11.1 Å². The van der Waals surface area contributed by atoms with Crippen LogP contribution in [0.5, 0.6) is 0 Å². The minimum absolute atomic E-state index is 0.0233. The number of primary amides is 1. The van der Waals surface area contributed by atoms with Crippen molar-refractivity contribution < 1.29 is 14.7 Å². The zero-order valence-corrected chi connectivity index (χ0v) is 11.2. The Morgan fingerprint density at radius 2 is 1.84 bits per heavy atom. The van der Waals surface area contributed by atoms with E-state index in [1.807, 2.05) is 31.2 Å². The van der Waals surface area contributed by atoms with Crippen molar-refractivity contribution >= 4 is 11.9 Å². The monoisotopic (exact) mass is 264 g/mol. The second-order valence-corrected chi connectivity index (χ2v) is 4.75. The number of carboxylic acid groups (broad SMARTS) is 1. The van der Waals surface area contributed by atoms with E-state index in [9.17, 15) is 9.59 Å². The number of aliphatic carboxylic acids is 1. The number of hydrogen-bond donors (Lipinski definition) is 3. The molecule has 1 aromatic carbocycles.